The summed E-state index contributed by atoms with van der Waals surface area (Å²) in [5.74, 6) is 1.82. The second-order valence-electron chi connectivity index (χ2n) is 5.88. The molecular weight excluding hydrogens is 347 g/mol. The van der Waals surface area contributed by atoms with Crippen LogP contribution in [0.15, 0.2) is 24.3 Å². The lowest BCUT2D eigenvalue weighted by Crippen LogP contribution is -2.31. The lowest BCUT2D eigenvalue weighted by molar-refractivity contribution is -0.141. The predicted octanol–water partition coefficient (Wildman–Crippen LogP) is 3.86. The maximum atomic E-state index is 12.6. The van der Waals surface area contributed by atoms with Gasteiger partial charge in [-0.25, -0.2) is 0 Å². The summed E-state index contributed by atoms with van der Waals surface area (Å²) in [4.78, 5) is 1.91. The molecule has 1 aromatic carbocycles. The van der Waals surface area contributed by atoms with Gasteiger partial charge in [0.2, 0.25) is 0 Å². The van der Waals surface area contributed by atoms with Crippen molar-refractivity contribution in [3.63, 3.8) is 0 Å². The highest BCUT2D eigenvalue weighted by molar-refractivity contribution is 5.51. The molecule has 0 unspecified atom stereocenters. The van der Waals surface area contributed by atoms with E-state index in [1.807, 2.05) is 30.9 Å². The highest BCUT2D eigenvalue weighted by Gasteiger charge is 2.33. The molecule has 0 amide bonds. The third-order valence-electron chi connectivity index (χ3n) is 4.14. The molecule has 140 valence electrons. The van der Waals surface area contributed by atoms with Gasteiger partial charge in [0.05, 0.1) is 13.2 Å². The molecule has 5 nitrogen and oxygen atoms in total. The molecule has 0 aliphatic carbocycles. The van der Waals surface area contributed by atoms with Crippen LogP contribution >= 0.6 is 0 Å². The van der Waals surface area contributed by atoms with Gasteiger partial charge in [0.15, 0.2) is 23.0 Å². The molecule has 0 bridgehead atoms. The summed E-state index contributed by atoms with van der Waals surface area (Å²) in [6.45, 7) is 6.06. The second kappa shape index (κ2) is 7.39. The Morgan fingerprint density at radius 2 is 1.65 bits per heavy atom. The number of rotatable bonds is 5. The van der Waals surface area contributed by atoms with E-state index in [9.17, 15) is 13.2 Å². The highest BCUT2D eigenvalue weighted by atomic mass is 19.4. The molecule has 1 aliphatic heterocycles. The number of fused-ring (bicyclic) bond motifs is 1. The van der Waals surface area contributed by atoms with E-state index in [0.717, 1.165) is 29.4 Å². The molecule has 0 fully saturated rings. The van der Waals surface area contributed by atoms with Crippen LogP contribution in [0.25, 0.3) is 0 Å². The maximum absolute atomic E-state index is 12.6. The first-order valence-electron chi connectivity index (χ1n) is 8.49. The molecule has 0 N–H and O–H groups in total. The van der Waals surface area contributed by atoms with Crippen LogP contribution in [0.4, 0.5) is 19.0 Å². The Morgan fingerprint density at radius 3 is 2.19 bits per heavy atom. The largest absolute Gasteiger partial charge is 0.490 e. The molecule has 0 saturated heterocycles. The second-order valence-corrected chi connectivity index (χ2v) is 5.88. The van der Waals surface area contributed by atoms with Crippen LogP contribution in [0, 0.1) is 0 Å². The van der Waals surface area contributed by atoms with Crippen molar-refractivity contribution in [1.82, 2.24) is 10.2 Å². The third kappa shape index (κ3) is 3.84. The van der Waals surface area contributed by atoms with Gasteiger partial charge in [0.25, 0.3) is 0 Å². The summed E-state index contributed by atoms with van der Waals surface area (Å²) in [6, 6.07) is 6.24. The van der Waals surface area contributed by atoms with Gasteiger partial charge in [-0.15, -0.1) is 10.2 Å². The van der Waals surface area contributed by atoms with Gasteiger partial charge in [-0.3, -0.25) is 0 Å². The summed E-state index contributed by atoms with van der Waals surface area (Å²) < 4.78 is 49.2. The van der Waals surface area contributed by atoms with Crippen LogP contribution < -0.4 is 14.4 Å². The van der Waals surface area contributed by atoms with E-state index in [4.69, 9.17) is 9.47 Å². The fraction of sp³-hybridized carbons (Fsp3) is 0.444. The minimum Gasteiger partial charge on any atom is -0.490 e. The summed E-state index contributed by atoms with van der Waals surface area (Å²) in [5, 5.41) is 7.05. The van der Waals surface area contributed by atoms with Gasteiger partial charge >= 0.3 is 6.18 Å². The normalized spacial score (nSPS) is 14.1. The molecule has 26 heavy (non-hydrogen) atoms. The third-order valence-corrected chi connectivity index (χ3v) is 4.14. The molecule has 1 aliphatic rings. The van der Waals surface area contributed by atoms with Gasteiger partial charge in [-0.1, -0.05) is 0 Å². The number of aromatic nitrogens is 2. The molecule has 1 aromatic heterocycles. The van der Waals surface area contributed by atoms with E-state index in [0.29, 0.717) is 37.9 Å². The number of anilines is 1. The number of hydrogen-bond acceptors (Lipinski definition) is 5. The van der Waals surface area contributed by atoms with Crippen LogP contribution in [0.1, 0.15) is 30.7 Å². The SMILES string of the molecule is CCOc1cc2c(cc1OCC)CN(c1ccc(C(F)(F)F)nn1)CC2. The van der Waals surface area contributed by atoms with Crippen LogP contribution in [-0.2, 0) is 19.1 Å². The van der Waals surface area contributed by atoms with Gasteiger partial charge in [-0.05, 0) is 55.7 Å². The lowest BCUT2D eigenvalue weighted by Gasteiger charge is -2.30. The molecule has 0 radical (unpaired) electrons. The van der Waals surface area contributed by atoms with Crippen molar-refractivity contribution in [1.29, 1.82) is 0 Å². The van der Waals surface area contributed by atoms with E-state index < -0.39 is 11.9 Å². The Balaban J connectivity index is 1.83. The van der Waals surface area contributed by atoms with Crippen molar-refractivity contribution in [3.8, 4) is 11.5 Å². The van der Waals surface area contributed by atoms with Crippen molar-refractivity contribution in [2.24, 2.45) is 0 Å². The number of ether oxygens (including phenoxy) is 2. The fourth-order valence-electron chi connectivity index (χ4n) is 2.94. The molecule has 2 aromatic rings. The van der Waals surface area contributed by atoms with Crippen LogP contribution in [0.2, 0.25) is 0 Å². The zero-order valence-electron chi connectivity index (χ0n) is 14.6. The van der Waals surface area contributed by atoms with Gasteiger partial charge in [0.1, 0.15) is 0 Å². The molecule has 0 atom stereocenters. The molecule has 3 rings (SSSR count). The summed E-state index contributed by atoms with van der Waals surface area (Å²) in [7, 11) is 0. The first-order chi connectivity index (χ1) is 12.4. The highest BCUT2D eigenvalue weighted by Crippen LogP contribution is 2.35. The van der Waals surface area contributed by atoms with E-state index in [-0.39, 0.29) is 0 Å². The van der Waals surface area contributed by atoms with Crippen molar-refractivity contribution >= 4 is 5.82 Å². The average Bonchev–Trinajstić information content (AvgIpc) is 2.62. The van der Waals surface area contributed by atoms with E-state index in [2.05, 4.69) is 10.2 Å². The van der Waals surface area contributed by atoms with E-state index in [1.54, 1.807) is 0 Å². The first-order valence-corrected chi connectivity index (χ1v) is 8.49. The number of hydrogen-bond donors (Lipinski definition) is 0. The smallest absolute Gasteiger partial charge is 0.435 e. The summed E-state index contributed by atoms with van der Waals surface area (Å²) in [5.41, 5.74) is 1.21. The van der Waals surface area contributed by atoms with E-state index in [1.165, 1.54) is 6.07 Å². The van der Waals surface area contributed by atoms with Gasteiger partial charge in [0, 0.05) is 13.1 Å². The molecule has 8 heteroatoms. The fourth-order valence-corrected chi connectivity index (χ4v) is 2.94. The van der Waals surface area contributed by atoms with Crippen LogP contribution in [-0.4, -0.2) is 30.0 Å². The standard InChI is InChI=1S/C18H20F3N3O2/c1-3-25-14-9-12-7-8-24(11-13(12)10-15(14)26-4-2)17-6-5-16(22-23-17)18(19,20)21/h5-6,9-10H,3-4,7-8,11H2,1-2H3. The van der Waals surface area contributed by atoms with Crippen molar-refractivity contribution < 1.29 is 22.6 Å². The van der Waals surface area contributed by atoms with Crippen LogP contribution in [0.5, 0.6) is 11.5 Å². The zero-order chi connectivity index (χ0) is 18.7. The number of benzene rings is 1. The van der Waals surface area contributed by atoms with Crippen molar-refractivity contribution in [2.45, 2.75) is 33.0 Å². The molecule has 0 saturated carbocycles. The van der Waals surface area contributed by atoms with Gasteiger partial charge in [-0.2, -0.15) is 13.2 Å². The Bertz CT molecular complexity index is 764. The maximum Gasteiger partial charge on any atom is 0.435 e. The van der Waals surface area contributed by atoms with Crippen molar-refractivity contribution in [2.75, 3.05) is 24.7 Å². The number of halogens is 3. The lowest BCUT2D eigenvalue weighted by atomic mass is 9.99. The minimum atomic E-state index is -4.48. The summed E-state index contributed by atoms with van der Waals surface area (Å²) in [6.07, 6.45) is -3.74. The Morgan fingerprint density at radius 1 is 1.00 bits per heavy atom. The molecule has 2 heterocycles. The minimum absolute atomic E-state index is 0.426. The Labute approximate surface area is 149 Å². The first kappa shape index (κ1) is 18.3. The molecule has 0 spiro atoms. The zero-order valence-corrected chi connectivity index (χ0v) is 14.6. The Hall–Kier alpha value is -2.51. The predicted molar refractivity (Wildman–Crippen MR) is 90.6 cm³/mol. The number of nitrogens with zero attached hydrogens (tertiary/aromatic N) is 3. The van der Waals surface area contributed by atoms with E-state index >= 15 is 0 Å². The van der Waals surface area contributed by atoms with Gasteiger partial charge < -0.3 is 14.4 Å². The number of alkyl halides is 3. The topological polar surface area (TPSA) is 47.5 Å². The van der Waals surface area contributed by atoms with Crippen molar-refractivity contribution in [3.05, 3.63) is 41.1 Å². The quantitative estimate of drug-likeness (QED) is 0.803. The monoisotopic (exact) mass is 367 g/mol. The average molecular weight is 367 g/mol. The summed E-state index contributed by atoms with van der Waals surface area (Å²) >= 11 is 0. The molecular formula is C18H20F3N3O2. The Kier molecular flexibility index (Phi) is 5.20. The van der Waals surface area contributed by atoms with Crippen LogP contribution in [0.3, 0.4) is 0 Å².